The van der Waals surface area contributed by atoms with Gasteiger partial charge in [-0.1, -0.05) is 11.6 Å². The number of nitrogens with two attached hydrogens (primary N) is 1. The summed E-state index contributed by atoms with van der Waals surface area (Å²) in [6.45, 7) is 6.58. The fourth-order valence-electron chi connectivity index (χ4n) is 2.91. The lowest BCUT2D eigenvalue weighted by Crippen LogP contribution is -2.54. The van der Waals surface area contributed by atoms with E-state index in [1.165, 1.54) is 0 Å². The van der Waals surface area contributed by atoms with Crippen LogP contribution in [0.3, 0.4) is 0 Å². The third-order valence-corrected chi connectivity index (χ3v) is 4.57. The molecule has 1 unspecified atom stereocenters. The van der Waals surface area contributed by atoms with Crippen molar-refractivity contribution >= 4 is 23.1 Å². The summed E-state index contributed by atoms with van der Waals surface area (Å²) < 4.78 is 19.1. The van der Waals surface area contributed by atoms with Crippen LogP contribution in [0.1, 0.15) is 13.3 Å². The highest BCUT2D eigenvalue weighted by Gasteiger charge is 2.29. The van der Waals surface area contributed by atoms with E-state index < -0.39 is 5.95 Å². The minimum Gasteiger partial charge on any atom is -0.397 e. The van der Waals surface area contributed by atoms with Crippen molar-refractivity contribution in [3.63, 3.8) is 0 Å². The second-order valence-corrected chi connectivity index (χ2v) is 6.14. The molecule has 2 aliphatic rings. The zero-order valence-corrected chi connectivity index (χ0v) is 12.8. The number of ether oxygens (including phenoxy) is 1. The van der Waals surface area contributed by atoms with Crippen molar-refractivity contribution in [3.05, 3.63) is 17.0 Å². The predicted molar refractivity (Wildman–Crippen MR) is 81.2 cm³/mol. The number of rotatable bonds is 3. The maximum absolute atomic E-state index is 13.6. The molecule has 21 heavy (non-hydrogen) atoms. The number of hydrogen-bond acceptors (Lipinski definition) is 5. The van der Waals surface area contributed by atoms with Gasteiger partial charge in [0.15, 0.2) is 0 Å². The van der Waals surface area contributed by atoms with Gasteiger partial charge in [-0.15, -0.1) is 0 Å². The van der Waals surface area contributed by atoms with Crippen LogP contribution < -0.4 is 10.6 Å². The molecule has 0 radical (unpaired) electrons. The van der Waals surface area contributed by atoms with Crippen LogP contribution in [-0.2, 0) is 4.74 Å². The van der Waals surface area contributed by atoms with E-state index in [-0.39, 0.29) is 16.8 Å². The molecule has 0 bridgehead atoms. The minimum absolute atomic E-state index is 0.104. The molecule has 0 aliphatic carbocycles. The fraction of sp³-hybridized carbons (Fsp3) is 0.643. The third-order valence-electron chi connectivity index (χ3n) is 4.19. The molecule has 0 amide bonds. The molecule has 3 rings (SSSR count). The first-order valence-electron chi connectivity index (χ1n) is 7.26. The van der Waals surface area contributed by atoms with Crippen molar-refractivity contribution in [2.45, 2.75) is 25.5 Å². The zero-order chi connectivity index (χ0) is 15.0. The summed E-state index contributed by atoms with van der Waals surface area (Å²) >= 11 is 5.72. The van der Waals surface area contributed by atoms with Gasteiger partial charge >= 0.3 is 0 Å². The fourth-order valence-corrected chi connectivity index (χ4v) is 3.00. The van der Waals surface area contributed by atoms with Gasteiger partial charge in [0.2, 0.25) is 5.95 Å². The van der Waals surface area contributed by atoms with Crippen LogP contribution in [0.25, 0.3) is 0 Å². The second kappa shape index (κ2) is 5.94. The van der Waals surface area contributed by atoms with E-state index >= 15 is 0 Å². The monoisotopic (exact) mass is 314 g/mol. The summed E-state index contributed by atoms with van der Waals surface area (Å²) in [5.41, 5.74) is 5.96. The first-order chi connectivity index (χ1) is 10.0. The molecular formula is C14H20ClFN4O. The number of halogens is 2. The van der Waals surface area contributed by atoms with Crippen molar-refractivity contribution in [1.29, 1.82) is 0 Å². The number of pyridine rings is 1. The van der Waals surface area contributed by atoms with Gasteiger partial charge in [0.05, 0.1) is 11.8 Å². The summed E-state index contributed by atoms with van der Waals surface area (Å²) in [5.74, 6) is -0.148. The SMILES string of the molecule is C[C@H]1CN(CC2CCO2)CCN1c1cc(N)c(Cl)c(F)n1. The molecule has 2 saturated heterocycles. The number of nitrogen functional groups attached to an aromatic ring is 1. The van der Waals surface area contributed by atoms with Gasteiger partial charge in [-0.2, -0.15) is 4.39 Å². The van der Waals surface area contributed by atoms with Crippen LogP contribution in [-0.4, -0.2) is 54.8 Å². The van der Waals surface area contributed by atoms with Gasteiger partial charge in [-0.25, -0.2) is 4.98 Å². The highest BCUT2D eigenvalue weighted by Crippen LogP contribution is 2.28. The molecule has 5 nitrogen and oxygen atoms in total. The van der Waals surface area contributed by atoms with Crippen molar-refractivity contribution in [2.24, 2.45) is 0 Å². The van der Waals surface area contributed by atoms with E-state index in [0.717, 1.165) is 39.2 Å². The summed E-state index contributed by atoms with van der Waals surface area (Å²) in [7, 11) is 0. The molecule has 0 spiro atoms. The van der Waals surface area contributed by atoms with E-state index in [0.29, 0.717) is 11.9 Å². The Labute approximate surface area is 128 Å². The molecule has 116 valence electrons. The number of anilines is 2. The Morgan fingerprint density at radius 3 is 2.86 bits per heavy atom. The molecule has 2 atom stereocenters. The van der Waals surface area contributed by atoms with Gasteiger partial charge in [0, 0.05) is 44.9 Å². The normalized spacial score (nSPS) is 26.7. The van der Waals surface area contributed by atoms with Crippen molar-refractivity contribution < 1.29 is 9.13 Å². The first-order valence-corrected chi connectivity index (χ1v) is 7.64. The van der Waals surface area contributed by atoms with E-state index in [2.05, 4.69) is 21.7 Å². The van der Waals surface area contributed by atoms with Gasteiger partial charge < -0.3 is 15.4 Å². The van der Waals surface area contributed by atoms with Gasteiger partial charge in [-0.05, 0) is 13.3 Å². The lowest BCUT2D eigenvalue weighted by Gasteiger charge is -2.42. The molecule has 0 aromatic carbocycles. The van der Waals surface area contributed by atoms with Gasteiger partial charge in [0.25, 0.3) is 0 Å². The Hall–Kier alpha value is -1.11. The number of hydrogen-bond donors (Lipinski definition) is 1. The molecule has 1 aromatic heterocycles. The van der Waals surface area contributed by atoms with E-state index in [9.17, 15) is 4.39 Å². The molecule has 2 fully saturated rings. The quantitative estimate of drug-likeness (QED) is 0.862. The lowest BCUT2D eigenvalue weighted by molar-refractivity contribution is -0.0682. The summed E-state index contributed by atoms with van der Waals surface area (Å²) in [6.07, 6.45) is 1.53. The smallest absolute Gasteiger partial charge is 0.235 e. The molecule has 7 heteroatoms. The van der Waals surface area contributed by atoms with Crippen LogP contribution in [0.15, 0.2) is 6.07 Å². The van der Waals surface area contributed by atoms with Crippen molar-refractivity contribution in [1.82, 2.24) is 9.88 Å². The largest absolute Gasteiger partial charge is 0.397 e. The Morgan fingerprint density at radius 2 is 2.29 bits per heavy atom. The predicted octanol–water partition coefficient (Wildman–Crippen LogP) is 1.76. The summed E-state index contributed by atoms with van der Waals surface area (Å²) in [5, 5.41) is -0.104. The lowest BCUT2D eigenvalue weighted by atomic mass is 10.1. The number of aromatic nitrogens is 1. The third kappa shape index (κ3) is 3.07. The molecule has 3 heterocycles. The van der Waals surface area contributed by atoms with Gasteiger partial charge in [-0.3, -0.25) is 4.90 Å². The molecule has 2 N–H and O–H groups in total. The van der Waals surface area contributed by atoms with E-state index in [1.807, 2.05) is 0 Å². The average Bonchev–Trinajstić information content (AvgIpc) is 2.40. The maximum Gasteiger partial charge on any atom is 0.235 e. The molecule has 0 saturated carbocycles. The van der Waals surface area contributed by atoms with E-state index in [1.54, 1.807) is 6.07 Å². The number of nitrogens with zero attached hydrogens (tertiary/aromatic N) is 3. The van der Waals surface area contributed by atoms with Crippen LogP contribution in [0.4, 0.5) is 15.9 Å². The van der Waals surface area contributed by atoms with Crippen LogP contribution >= 0.6 is 11.6 Å². The number of piperazine rings is 1. The Kier molecular flexibility index (Phi) is 4.19. The molecule has 1 aromatic rings. The van der Waals surface area contributed by atoms with Crippen LogP contribution in [0, 0.1) is 5.95 Å². The molecular weight excluding hydrogens is 295 g/mol. The topological polar surface area (TPSA) is 54.6 Å². The van der Waals surface area contributed by atoms with Crippen LogP contribution in [0.2, 0.25) is 5.02 Å². The Balaban J connectivity index is 1.67. The highest BCUT2D eigenvalue weighted by atomic mass is 35.5. The van der Waals surface area contributed by atoms with E-state index in [4.69, 9.17) is 22.1 Å². The second-order valence-electron chi connectivity index (χ2n) is 5.76. The minimum atomic E-state index is -0.704. The standard InChI is InChI=1S/C14H20ClFN4O/c1-9-7-19(8-10-2-5-21-10)3-4-20(9)12-6-11(17)13(15)14(16)18-12/h6,9-10H,2-5,7-8H2,1H3,(H2,17,18)/t9-,10?/m0/s1. The summed E-state index contributed by atoms with van der Waals surface area (Å²) in [4.78, 5) is 8.39. The van der Waals surface area contributed by atoms with Crippen LogP contribution in [0.5, 0.6) is 0 Å². The molecule has 2 aliphatic heterocycles. The highest BCUT2D eigenvalue weighted by molar-refractivity contribution is 6.33. The zero-order valence-electron chi connectivity index (χ0n) is 12.1. The maximum atomic E-state index is 13.6. The first kappa shape index (κ1) is 14.8. The Bertz CT molecular complexity index is 503. The summed E-state index contributed by atoms with van der Waals surface area (Å²) in [6, 6.07) is 1.89. The average molecular weight is 315 g/mol. The van der Waals surface area contributed by atoms with Crippen molar-refractivity contribution in [3.8, 4) is 0 Å². The van der Waals surface area contributed by atoms with Gasteiger partial charge in [0.1, 0.15) is 10.8 Å². The van der Waals surface area contributed by atoms with Crippen molar-refractivity contribution in [2.75, 3.05) is 43.4 Å². The Morgan fingerprint density at radius 1 is 1.52 bits per heavy atom.